The monoisotopic (exact) mass is 442 g/mol. The quantitative estimate of drug-likeness (QED) is 0.259. The van der Waals surface area contributed by atoms with Crippen LogP contribution in [0.3, 0.4) is 0 Å². The number of H-pyrrole nitrogens is 1. The standard InChI is InChI=1S/C25H32F2N4O/c1-17-8-6-11-21(16-17)18(2)9-7-10-20-15-14-19(3)24(20)25(26,27)22(32)12-4-5-13-23-28-30-31-29-23/h6-8,10-12,16,18,20,24,32H,3-5,9,13-15H2,1-2H3,(H,28,29,30,31)/b10-7+,22-12-/t18-,20-,24-/m0/s1. The van der Waals surface area contributed by atoms with Gasteiger partial charge >= 0.3 is 5.92 Å². The highest BCUT2D eigenvalue weighted by molar-refractivity contribution is 5.26. The fourth-order valence-electron chi connectivity index (χ4n) is 4.36. The normalized spacial score (nSPS) is 20.9. The van der Waals surface area contributed by atoms with Crippen LogP contribution < -0.4 is 0 Å². The van der Waals surface area contributed by atoms with E-state index in [9.17, 15) is 5.11 Å². The number of aromatic amines is 1. The van der Waals surface area contributed by atoms with E-state index in [0.717, 1.165) is 6.42 Å². The average molecular weight is 443 g/mol. The maximum absolute atomic E-state index is 15.2. The second kappa shape index (κ2) is 10.7. The zero-order valence-corrected chi connectivity index (χ0v) is 18.8. The van der Waals surface area contributed by atoms with Crippen LogP contribution in [0.15, 0.2) is 60.4 Å². The van der Waals surface area contributed by atoms with Gasteiger partial charge in [0.15, 0.2) is 11.6 Å². The Kier molecular flexibility index (Phi) is 7.94. The van der Waals surface area contributed by atoms with Gasteiger partial charge in [0.05, 0.1) is 5.92 Å². The van der Waals surface area contributed by atoms with Crippen LogP contribution in [0.4, 0.5) is 8.78 Å². The lowest BCUT2D eigenvalue weighted by molar-refractivity contribution is -0.0494. The zero-order chi connectivity index (χ0) is 23.1. The molecule has 5 nitrogen and oxygen atoms in total. The number of nitrogens with one attached hydrogen (secondary N) is 1. The summed E-state index contributed by atoms with van der Waals surface area (Å²) in [5, 5.41) is 23.7. The third-order valence-corrected chi connectivity index (χ3v) is 6.21. The highest BCUT2D eigenvalue weighted by Gasteiger charge is 2.50. The molecule has 1 fully saturated rings. The van der Waals surface area contributed by atoms with E-state index in [1.807, 2.05) is 18.2 Å². The SMILES string of the molecule is C=C1CC[C@H](/C=C/C[C@H](C)c2cccc(C)c2)[C@H]1C(F)(F)/C(O)=C/CCCc1nn[nH]n1. The van der Waals surface area contributed by atoms with E-state index in [0.29, 0.717) is 49.4 Å². The number of aromatic nitrogens is 4. The fraction of sp³-hybridized carbons (Fsp3) is 0.480. The number of aryl methyl sites for hydroxylation is 2. The van der Waals surface area contributed by atoms with Crippen molar-refractivity contribution < 1.29 is 13.9 Å². The number of tetrazole rings is 1. The number of alkyl halides is 2. The molecule has 0 amide bonds. The third-order valence-electron chi connectivity index (χ3n) is 6.21. The highest BCUT2D eigenvalue weighted by Crippen LogP contribution is 2.48. The zero-order valence-electron chi connectivity index (χ0n) is 18.8. The number of benzene rings is 1. The maximum atomic E-state index is 15.2. The summed E-state index contributed by atoms with van der Waals surface area (Å²) in [5.74, 6) is -4.79. The Morgan fingerprint density at radius 2 is 2.22 bits per heavy atom. The summed E-state index contributed by atoms with van der Waals surface area (Å²) in [6, 6.07) is 8.36. The number of allylic oxidation sites excluding steroid dienone is 5. The third kappa shape index (κ3) is 5.90. The Labute approximate surface area is 188 Å². The first kappa shape index (κ1) is 23.8. The molecule has 0 unspecified atom stereocenters. The molecule has 2 aromatic rings. The summed E-state index contributed by atoms with van der Waals surface area (Å²) < 4.78 is 30.3. The minimum Gasteiger partial charge on any atom is -0.506 e. The van der Waals surface area contributed by atoms with Crippen LogP contribution in [-0.2, 0) is 6.42 Å². The van der Waals surface area contributed by atoms with Crippen molar-refractivity contribution in [3.8, 4) is 0 Å². The number of nitrogens with zero attached hydrogens (tertiary/aromatic N) is 3. The van der Waals surface area contributed by atoms with Crippen LogP contribution >= 0.6 is 0 Å². The smallest absolute Gasteiger partial charge is 0.310 e. The van der Waals surface area contributed by atoms with Gasteiger partial charge in [-0.15, -0.1) is 10.2 Å². The van der Waals surface area contributed by atoms with E-state index < -0.39 is 17.6 Å². The van der Waals surface area contributed by atoms with Crippen molar-refractivity contribution in [2.24, 2.45) is 11.8 Å². The van der Waals surface area contributed by atoms with Gasteiger partial charge < -0.3 is 5.11 Å². The summed E-state index contributed by atoms with van der Waals surface area (Å²) in [6.45, 7) is 8.09. The Morgan fingerprint density at radius 3 is 2.94 bits per heavy atom. The summed E-state index contributed by atoms with van der Waals surface area (Å²) in [5.41, 5.74) is 2.96. The average Bonchev–Trinajstić information content (AvgIpc) is 3.40. The lowest BCUT2D eigenvalue weighted by Gasteiger charge is -2.27. The number of unbranched alkanes of at least 4 members (excludes halogenated alkanes) is 1. The molecule has 3 rings (SSSR count). The van der Waals surface area contributed by atoms with E-state index in [2.05, 4.69) is 59.2 Å². The Morgan fingerprint density at radius 1 is 1.41 bits per heavy atom. The topological polar surface area (TPSA) is 74.7 Å². The lowest BCUT2D eigenvalue weighted by atomic mass is 9.85. The maximum Gasteiger partial charge on any atom is 0.310 e. The van der Waals surface area contributed by atoms with Crippen molar-refractivity contribution in [2.45, 2.75) is 64.2 Å². The van der Waals surface area contributed by atoms with E-state index in [1.165, 1.54) is 17.2 Å². The molecular formula is C25H32F2N4O. The summed E-state index contributed by atoms with van der Waals surface area (Å²) >= 11 is 0. The van der Waals surface area contributed by atoms with Crippen LogP contribution in [0.1, 0.15) is 61.9 Å². The molecule has 172 valence electrons. The molecule has 1 aromatic heterocycles. The molecule has 0 bridgehead atoms. The van der Waals surface area contributed by atoms with Gasteiger partial charge in [0.25, 0.3) is 0 Å². The molecule has 2 N–H and O–H groups in total. The molecule has 1 aliphatic carbocycles. The van der Waals surface area contributed by atoms with Gasteiger partial charge in [-0.1, -0.05) is 66.3 Å². The van der Waals surface area contributed by atoms with Crippen LogP contribution in [0.25, 0.3) is 0 Å². The first-order valence-electron chi connectivity index (χ1n) is 11.2. The Balaban J connectivity index is 1.60. The van der Waals surface area contributed by atoms with E-state index in [-0.39, 0.29) is 5.92 Å². The number of rotatable bonds is 10. The summed E-state index contributed by atoms with van der Waals surface area (Å²) in [7, 11) is 0. The van der Waals surface area contributed by atoms with Crippen LogP contribution in [0.5, 0.6) is 0 Å². The summed E-state index contributed by atoms with van der Waals surface area (Å²) in [4.78, 5) is 0. The molecule has 3 atom stereocenters. The van der Waals surface area contributed by atoms with E-state index >= 15 is 8.78 Å². The number of aliphatic hydroxyl groups excluding tert-OH is 1. The van der Waals surface area contributed by atoms with E-state index in [4.69, 9.17) is 0 Å². The van der Waals surface area contributed by atoms with Crippen LogP contribution in [0.2, 0.25) is 0 Å². The van der Waals surface area contributed by atoms with Crippen molar-refractivity contribution in [3.05, 3.63) is 77.4 Å². The summed E-state index contributed by atoms with van der Waals surface area (Å²) in [6.07, 6.45) is 8.43. The number of halogens is 2. The Hall–Kier alpha value is -2.83. The molecule has 1 heterocycles. The van der Waals surface area contributed by atoms with Crippen LogP contribution in [-0.4, -0.2) is 31.7 Å². The number of hydrogen-bond donors (Lipinski definition) is 2. The van der Waals surface area contributed by atoms with Crippen molar-refractivity contribution in [1.29, 1.82) is 0 Å². The van der Waals surface area contributed by atoms with Crippen molar-refractivity contribution in [2.75, 3.05) is 0 Å². The predicted molar refractivity (Wildman–Crippen MR) is 121 cm³/mol. The number of aliphatic hydroxyl groups is 1. The highest BCUT2D eigenvalue weighted by atomic mass is 19.3. The molecule has 0 saturated heterocycles. The van der Waals surface area contributed by atoms with Crippen molar-refractivity contribution >= 4 is 0 Å². The second-order valence-corrected chi connectivity index (χ2v) is 8.75. The van der Waals surface area contributed by atoms with Gasteiger partial charge in [0.1, 0.15) is 0 Å². The molecule has 1 aliphatic rings. The van der Waals surface area contributed by atoms with Gasteiger partial charge in [0.2, 0.25) is 0 Å². The number of hydrogen-bond acceptors (Lipinski definition) is 4. The van der Waals surface area contributed by atoms with Gasteiger partial charge in [-0.3, -0.25) is 0 Å². The van der Waals surface area contributed by atoms with Gasteiger partial charge in [-0.2, -0.15) is 14.0 Å². The molecular weight excluding hydrogens is 410 g/mol. The van der Waals surface area contributed by atoms with Gasteiger partial charge in [-0.05, 0) is 62.5 Å². The fourth-order valence-corrected chi connectivity index (χ4v) is 4.36. The molecule has 1 aromatic carbocycles. The molecule has 7 heteroatoms. The van der Waals surface area contributed by atoms with Crippen molar-refractivity contribution in [3.63, 3.8) is 0 Å². The van der Waals surface area contributed by atoms with Crippen LogP contribution in [0, 0.1) is 18.8 Å². The minimum atomic E-state index is -3.34. The molecule has 32 heavy (non-hydrogen) atoms. The largest absolute Gasteiger partial charge is 0.506 e. The van der Waals surface area contributed by atoms with Gasteiger partial charge in [0, 0.05) is 6.42 Å². The van der Waals surface area contributed by atoms with E-state index in [1.54, 1.807) is 0 Å². The minimum absolute atomic E-state index is 0.308. The lowest BCUT2D eigenvalue weighted by Crippen LogP contribution is -2.33. The Bertz CT molecular complexity index is 953. The molecule has 0 aliphatic heterocycles. The predicted octanol–water partition coefficient (Wildman–Crippen LogP) is 6.24. The first-order chi connectivity index (χ1) is 15.3. The molecule has 0 spiro atoms. The molecule has 1 saturated carbocycles. The van der Waals surface area contributed by atoms with Crippen molar-refractivity contribution in [1.82, 2.24) is 20.6 Å². The van der Waals surface area contributed by atoms with Gasteiger partial charge in [-0.25, -0.2) is 0 Å². The first-order valence-corrected chi connectivity index (χ1v) is 11.2. The molecule has 0 radical (unpaired) electrons. The second-order valence-electron chi connectivity index (χ2n) is 8.75.